The highest BCUT2D eigenvalue weighted by Gasteiger charge is 2.11. The number of nitrogens with one attached hydrogen (secondary N) is 2. The van der Waals surface area contributed by atoms with Gasteiger partial charge in [0.15, 0.2) is 0 Å². The molecule has 1 aliphatic heterocycles. The van der Waals surface area contributed by atoms with Crippen LogP contribution in [0.3, 0.4) is 0 Å². The summed E-state index contributed by atoms with van der Waals surface area (Å²) in [6.45, 7) is 6.36. The van der Waals surface area contributed by atoms with Crippen LogP contribution in [0.2, 0.25) is 0 Å². The normalized spacial score (nSPS) is 14.8. The van der Waals surface area contributed by atoms with Gasteiger partial charge in [-0.1, -0.05) is 74.1 Å². The number of amides is 2. The summed E-state index contributed by atoms with van der Waals surface area (Å²) in [5, 5.41) is 5.73. The van der Waals surface area contributed by atoms with Crippen LogP contribution in [-0.2, 0) is 11.2 Å². The Labute approximate surface area is 248 Å². The second kappa shape index (κ2) is 23.5. The van der Waals surface area contributed by atoms with Gasteiger partial charge in [-0.25, -0.2) is 0 Å². The number of pyridine rings is 1. The molecule has 41 heavy (non-hydrogen) atoms. The van der Waals surface area contributed by atoms with E-state index in [1.54, 1.807) is 6.20 Å². The van der Waals surface area contributed by atoms with Gasteiger partial charge in [0.1, 0.15) is 0 Å². The van der Waals surface area contributed by atoms with Gasteiger partial charge in [-0.3, -0.25) is 14.6 Å². The van der Waals surface area contributed by atoms with E-state index >= 15 is 0 Å². The third-order valence-corrected chi connectivity index (χ3v) is 6.88. The zero-order chi connectivity index (χ0) is 29.2. The first-order valence-corrected chi connectivity index (χ1v) is 15.7. The van der Waals surface area contributed by atoms with Gasteiger partial charge in [-0.05, 0) is 83.0 Å². The van der Waals surface area contributed by atoms with Crippen LogP contribution in [0.1, 0.15) is 93.6 Å². The van der Waals surface area contributed by atoms with Crippen molar-refractivity contribution in [2.45, 2.75) is 84.0 Å². The fourth-order valence-corrected chi connectivity index (χ4v) is 4.48. The van der Waals surface area contributed by atoms with Crippen molar-refractivity contribution in [3.05, 3.63) is 90.3 Å². The summed E-state index contributed by atoms with van der Waals surface area (Å²) in [7, 11) is 0. The Kier molecular flexibility index (Phi) is 19.4. The van der Waals surface area contributed by atoms with Gasteiger partial charge < -0.3 is 15.5 Å². The minimum absolute atomic E-state index is 0.0197. The third kappa shape index (κ3) is 17.9. The van der Waals surface area contributed by atoms with Crippen molar-refractivity contribution >= 4 is 11.8 Å². The summed E-state index contributed by atoms with van der Waals surface area (Å²) in [5.74, 6) is -0.140. The summed E-state index contributed by atoms with van der Waals surface area (Å²) in [6, 6.07) is 3.78. The molecule has 6 heteroatoms. The predicted octanol–water partition coefficient (Wildman–Crippen LogP) is 6.88. The van der Waals surface area contributed by atoms with Crippen LogP contribution in [-0.4, -0.2) is 54.4 Å². The number of hydrogen-bond acceptors (Lipinski definition) is 4. The number of piperidine rings is 1. The largest absolute Gasteiger partial charge is 0.354 e. The zero-order valence-corrected chi connectivity index (χ0v) is 25.2. The van der Waals surface area contributed by atoms with Gasteiger partial charge in [0.05, 0.1) is 5.56 Å². The van der Waals surface area contributed by atoms with E-state index in [4.69, 9.17) is 0 Å². The third-order valence-electron chi connectivity index (χ3n) is 6.88. The molecular weight excluding hydrogens is 508 g/mol. The number of carbonyl (C=O) groups is 2. The molecule has 1 aromatic rings. The Hall–Kier alpha value is -3.25. The maximum atomic E-state index is 12.4. The Morgan fingerprint density at radius 1 is 0.805 bits per heavy atom. The van der Waals surface area contributed by atoms with Crippen LogP contribution < -0.4 is 10.6 Å². The lowest BCUT2D eigenvalue weighted by Crippen LogP contribution is -2.34. The molecule has 1 aromatic heterocycles. The Bertz CT molecular complexity index is 986. The number of likely N-dealkylation sites (tertiary alicyclic amines) is 1. The van der Waals surface area contributed by atoms with Crippen LogP contribution in [0.4, 0.5) is 0 Å². The van der Waals surface area contributed by atoms with Gasteiger partial charge in [0.25, 0.3) is 5.91 Å². The van der Waals surface area contributed by atoms with Crippen molar-refractivity contribution in [2.75, 3.05) is 32.7 Å². The lowest BCUT2D eigenvalue weighted by molar-refractivity contribution is -0.121. The second-order valence-corrected chi connectivity index (χ2v) is 10.4. The highest BCUT2D eigenvalue weighted by Crippen LogP contribution is 2.10. The molecule has 224 valence electrons. The topological polar surface area (TPSA) is 74.3 Å². The smallest absolute Gasteiger partial charge is 0.252 e. The average molecular weight is 561 g/mol. The van der Waals surface area contributed by atoms with E-state index in [-0.39, 0.29) is 11.8 Å². The van der Waals surface area contributed by atoms with E-state index in [2.05, 4.69) is 88.2 Å². The number of nitrogens with zero attached hydrogens (tertiary/aromatic N) is 2. The molecule has 0 radical (unpaired) electrons. The van der Waals surface area contributed by atoms with Crippen molar-refractivity contribution < 1.29 is 9.59 Å². The van der Waals surface area contributed by atoms with E-state index in [9.17, 15) is 9.59 Å². The van der Waals surface area contributed by atoms with Gasteiger partial charge in [-0.2, -0.15) is 0 Å². The number of allylic oxidation sites excluding steroid dienone is 10. The van der Waals surface area contributed by atoms with Crippen molar-refractivity contribution in [1.29, 1.82) is 0 Å². The summed E-state index contributed by atoms with van der Waals surface area (Å²) < 4.78 is 0. The maximum Gasteiger partial charge on any atom is 0.252 e. The Morgan fingerprint density at radius 2 is 1.41 bits per heavy atom. The highest BCUT2D eigenvalue weighted by molar-refractivity contribution is 5.93. The summed E-state index contributed by atoms with van der Waals surface area (Å²) in [6.07, 6.45) is 35.5. The number of carbonyl (C=O) groups excluding carboxylic acids is 2. The van der Waals surface area contributed by atoms with Crippen molar-refractivity contribution in [3.8, 4) is 0 Å². The molecule has 2 heterocycles. The van der Waals surface area contributed by atoms with Crippen LogP contribution in [0.25, 0.3) is 0 Å². The molecule has 0 aromatic carbocycles. The Balaban J connectivity index is 1.43. The molecule has 1 aliphatic rings. The molecule has 6 nitrogen and oxygen atoms in total. The first-order valence-electron chi connectivity index (χ1n) is 15.7. The van der Waals surface area contributed by atoms with Gasteiger partial charge in [0.2, 0.25) is 5.91 Å². The molecule has 0 unspecified atom stereocenters. The fourth-order valence-electron chi connectivity index (χ4n) is 4.48. The van der Waals surface area contributed by atoms with Crippen LogP contribution in [0, 0.1) is 0 Å². The van der Waals surface area contributed by atoms with Crippen molar-refractivity contribution in [1.82, 2.24) is 20.5 Å². The van der Waals surface area contributed by atoms with E-state index in [0.29, 0.717) is 25.1 Å². The molecule has 0 aliphatic carbocycles. The van der Waals surface area contributed by atoms with Crippen LogP contribution >= 0.6 is 0 Å². The standard InChI is InChI=1S/C35H52N4O2/c1-2-3-4-5-6-7-8-9-10-11-12-13-14-15-16-17-19-22-34(40)36-26-27-37-35(41)32-23-24-33(38-31-32)25-30-39-28-20-18-21-29-39/h3-4,6-7,9-10,12-13,15-16,23-24,31H,2,5,8,11,14,17-22,25-30H2,1H3,(H,36,40)(H,37,41). The second-order valence-electron chi connectivity index (χ2n) is 10.4. The molecular formula is C35H52N4O2. The molecule has 0 saturated carbocycles. The number of unbranched alkanes of at least 4 members (excludes halogenated alkanes) is 1. The zero-order valence-electron chi connectivity index (χ0n) is 25.2. The lowest BCUT2D eigenvalue weighted by Gasteiger charge is -2.26. The number of aromatic nitrogens is 1. The molecule has 0 atom stereocenters. The SMILES string of the molecule is CCC=CCC=CCC=CCC=CCC=CCCCC(=O)NCCNC(=O)c1ccc(CCN2CCCCC2)nc1. The number of hydrogen-bond donors (Lipinski definition) is 2. The fraction of sp³-hybridized carbons (Fsp3) is 0.514. The summed E-state index contributed by atoms with van der Waals surface area (Å²) in [4.78, 5) is 31.4. The van der Waals surface area contributed by atoms with Crippen molar-refractivity contribution in [3.63, 3.8) is 0 Å². The summed E-state index contributed by atoms with van der Waals surface area (Å²) in [5.41, 5.74) is 1.57. The van der Waals surface area contributed by atoms with Crippen LogP contribution in [0.15, 0.2) is 79.1 Å². The first-order chi connectivity index (χ1) is 20.2. The first kappa shape index (κ1) is 34.0. The monoisotopic (exact) mass is 560 g/mol. The van der Waals surface area contributed by atoms with Gasteiger partial charge in [-0.15, -0.1) is 0 Å². The number of rotatable bonds is 20. The molecule has 0 bridgehead atoms. The molecule has 2 N–H and O–H groups in total. The maximum absolute atomic E-state index is 12.4. The predicted molar refractivity (Wildman–Crippen MR) is 172 cm³/mol. The lowest BCUT2D eigenvalue weighted by atomic mass is 10.1. The van der Waals surface area contributed by atoms with Crippen LogP contribution in [0.5, 0.6) is 0 Å². The van der Waals surface area contributed by atoms with E-state index in [1.165, 1.54) is 32.4 Å². The molecule has 1 fully saturated rings. The molecule has 2 amide bonds. The quantitative estimate of drug-likeness (QED) is 0.135. The van der Waals surface area contributed by atoms with Gasteiger partial charge >= 0.3 is 0 Å². The average Bonchev–Trinajstić information content (AvgIpc) is 3.00. The molecule has 0 spiro atoms. The minimum Gasteiger partial charge on any atom is -0.354 e. The van der Waals surface area contributed by atoms with Gasteiger partial charge in [0, 0.05) is 44.4 Å². The minimum atomic E-state index is -0.160. The summed E-state index contributed by atoms with van der Waals surface area (Å²) >= 11 is 0. The molecule has 2 rings (SSSR count). The van der Waals surface area contributed by atoms with Crippen molar-refractivity contribution in [2.24, 2.45) is 0 Å². The Morgan fingerprint density at radius 3 is 2.02 bits per heavy atom. The van der Waals surface area contributed by atoms with E-state index in [1.807, 2.05) is 12.1 Å². The van der Waals surface area contributed by atoms with E-state index in [0.717, 1.165) is 63.6 Å². The van der Waals surface area contributed by atoms with E-state index < -0.39 is 0 Å². The molecule has 1 saturated heterocycles. The highest BCUT2D eigenvalue weighted by atomic mass is 16.2.